The van der Waals surface area contributed by atoms with Crippen LogP contribution in [-0.4, -0.2) is 24.8 Å². The van der Waals surface area contributed by atoms with E-state index in [1.807, 2.05) is 25.1 Å². The molecule has 0 radical (unpaired) electrons. The van der Waals surface area contributed by atoms with Crippen molar-refractivity contribution in [2.45, 2.75) is 6.92 Å². The minimum absolute atomic E-state index is 0.697. The topological polar surface area (TPSA) is 69.1 Å². The second kappa shape index (κ2) is 4.24. The lowest BCUT2D eigenvalue weighted by Crippen LogP contribution is -1.91. The van der Waals surface area contributed by atoms with Gasteiger partial charge in [-0.2, -0.15) is 9.61 Å². The van der Waals surface area contributed by atoms with Gasteiger partial charge < -0.3 is 4.42 Å². The molecule has 0 aliphatic rings. The van der Waals surface area contributed by atoms with Crippen LogP contribution in [0.2, 0.25) is 0 Å². The molecule has 0 saturated heterocycles. The summed E-state index contributed by atoms with van der Waals surface area (Å²) in [6.07, 6.45) is 5.14. The highest BCUT2D eigenvalue weighted by atomic mass is 32.1. The van der Waals surface area contributed by atoms with Gasteiger partial charge in [0.15, 0.2) is 5.82 Å². The van der Waals surface area contributed by atoms with Crippen LogP contribution in [0.3, 0.4) is 0 Å². The number of fused-ring (bicyclic) bond motifs is 1. The average molecular weight is 283 g/mol. The summed E-state index contributed by atoms with van der Waals surface area (Å²) in [5, 5.41) is 13.8. The minimum atomic E-state index is 0.697. The molecule has 0 bridgehead atoms. The predicted molar refractivity (Wildman–Crippen MR) is 74.3 cm³/mol. The van der Waals surface area contributed by atoms with Crippen LogP contribution >= 0.6 is 11.3 Å². The van der Waals surface area contributed by atoms with E-state index in [-0.39, 0.29) is 0 Å². The van der Waals surface area contributed by atoms with Crippen LogP contribution in [0, 0.1) is 6.92 Å². The van der Waals surface area contributed by atoms with Crippen molar-refractivity contribution in [3.05, 3.63) is 42.6 Å². The van der Waals surface area contributed by atoms with E-state index in [2.05, 4.69) is 20.3 Å². The third kappa shape index (κ3) is 1.64. The lowest BCUT2D eigenvalue weighted by molar-refractivity contribution is 0.535. The zero-order valence-electron chi connectivity index (χ0n) is 10.5. The molecule has 0 fully saturated rings. The molecule has 0 aliphatic carbocycles. The van der Waals surface area contributed by atoms with Crippen molar-refractivity contribution < 1.29 is 4.42 Å². The summed E-state index contributed by atoms with van der Waals surface area (Å²) >= 11 is 1.49. The third-order valence-corrected chi connectivity index (χ3v) is 3.97. The molecule has 0 unspecified atom stereocenters. The Morgan fingerprint density at radius 1 is 1.15 bits per heavy atom. The normalized spacial score (nSPS) is 11.2. The largest absolute Gasteiger partial charge is 0.469 e. The summed E-state index contributed by atoms with van der Waals surface area (Å²) < 4.78 is 7.06. The van der Waals surface area contributed by atoms with Crippen LogP contribution in [0.4, 0.5) is 0 Å². The summed E-state index contributed by atoms with van der Waals surface area (Å²) in [6.45, 7) is 1.90. The van der Waals surface area contributed by atoms with Crippen LogP contribution in [0.1, 0.15) is 5.76 Å². The van der Waals surface area contributed by atoms with Gasteiger partial charge in [-0.25, -0.2) is 0 Å². The van der Waals surface area contributed by atoms with Gasteiger partial charge in [-0.3, -0.25) is 4.98 Å². The molecule has 98 valence electrons. The number of hydrogen-bond acceptors (Lipinski definition) is 6. The maximum absolute atomic E-state index is 5.31. The molecule has 4 aromatic heterocycles. The standard InChI is InChI=1S/C13H9N5OS/c1-8-10(4-7-19-8)11-15-16-13-18(11)17-12(20-13)9-2-5-14-6-3-9/h2-7H,1H3. The molecule has 4 aromatic rings. The van der Waals surface area contributed by atoms with Gasteiger partial charge in [0.1, 0.15) is 10.8 Å². The van der Waals surface area contributed by atoms with E-state index in [0.29, 0.717) is 5.82 Å². The van der Waals surface area contributed by atoms with E-state index in [4.69, 9.17) is 4.42 Å². The Labute approximate surface area is 117 Å². The molecule has 20 heavy (non-hydrogen) atoms. The first-order valence-corrected chi connectivity index (χ1v) is 6.82. The maximum Gasteiger partial charge on any atom is 0.235 e. The number of rotatable bonds is 2. The molecule has 0 spiro atoms. The highest BCUT2D eigenvalue weighted by Crippen LogP contribution is 2.28. The molecule has 0 amide bonds. The molecule has 0 N–H and O–H groups in total. The summed E-state index contributed by atoms with van der Waals surface area (Å²) in [7, 11) is 0. The van der Waals surface area contributed by atoms with Crippen molar-refractivity contribution in [2.75, 3.05) is 0 Å². The fraction of sp³-hybridized carbons (Fsp3) is 0.0769. The van der Waals surface area contributed by atoms with Crippen molar-refractivity contribution in [2.24, 2.45) is 0 Å². The SMILES string of the molecule is Cc1occc1-c1nnc2sc(-c3ccncc3)nn12. The maximum atomic E-state index is 5.31. The smallest absolute Gasteiger partial charge is 0.235 e. The molecule has 0 saturated carbocycles. The first-order chi connectivity index (χ1) is 9.83. The number of furan rings is 1. The Morgan fingerprint density at radius 2 is 2.00 bits per heavy atom. The highest BCUT2D eigenvalue weighted by molar-refractivity contribution is 7.19. The predicted octanol–water partition coefficient (Wildman–Crippen LogP) is 2.82. The molecule has 6 nitrogen and oxygen atoms in total. The number of nitrogens with zero attached hydrogens (tertiary/aromatic N) is 5. The lowest BCUT2D eigenvalue weighted by atomic mass is 10.2. The van der Waals surface area contributed by atoms with Gasteiger partial charge in [0.05, 0.1) is 11.8 Å². The van der Waals surface area contributed by atoms with Gasteiger partial charge in [0.25, 0.3) is 0 Å². The van der Waals surface area contributed by atoms with Crippen molar-refractivity contribution >= 4 is 16.3 Å². The molecule has 0 atom stereocenters. The Kier molecular flexibility index (Phi) is 2.40. The van der Waals surface area contributed by atoms with Gasteiger partial charge in [0.2, 0.25) is 4.96 Å². The van der Waals surface area contributed by atoms with Crippen LogP contribution in [0.15, 0.2) is 41.3 Å². The Bertz CT molecular complexity index is 877. The summed E-state index contributed by atoms with van der Waals surface area (Å²) in [5.41, 5.74) is 1.93. The van der Waals surface area contributed by atoms with E-state index in [0.717, 1.165) is 26.9 Å². The zero-order chi connectivity index (χ0) is 13.5. The monoisotopic (exact) mass is 283 g/mol. The second-order valence-electron chi connectivity index (χ2n) is 4.25. The van der Waals surface area contributed by atoms with Crippen LogP contribution in [0.25, 0.3) is 26.9 Å². The Morgan fingerprint density at radius 3 is 2.75 bits per heavy atom. The number of aryl methyl sites for hydroxylation is 1. The molecular formula is C13H9N5OS. The van der Waals surface area contributed by atoms with E-state index in [1.54, 1.807) is 23.2 Å². The van der Waals surface area contributed by atoms with Gasteiger partial charge >= 0.3 is 0 Å². The van der Waals surface area contributed by atoms with E-state index < -0.39 is 0 Å². The van der Waals surface area contributed by atoms with E-state index in [9.17, 15) is 0 Å². The molecule has 0 aromatic carbocycles. The summed E-state index contributed by atoms with van der Waals surface area (Å²) in [5.74, 6) is 1.50. The van der Waals surface area contributed by atoms with Crippen molar-refractivity contribution in [3.63, 3.8) is 0 Å². The number of hydrogen-bond donors (Lipinski definition) is 0. The van der Waals surface area contributed by atoms with E-state index in [1.165, 1.54) is 11.3 Å². The Hall–Kier alpha value is -2.54. The van der Waals surface area contributed by atoms with Gasteiger partial charge in [0, 0.05) is 18.0 Å². The first kappa shape index (κ1) is 11.3. The summed E-state index contributed by atoms with van der Waals surface area (Å²) in [4.78, 5) is 4.77. The van der Waals surface area contributed by atoms with Gasteiger partial charge in [-0.1, -0.05) is 11.3 Å². The average Bonchev–Trinajstić information content (AvgIpc) is 3.15. The minimum Gasteiger partial charge on any atom is -0.469 e. The van der Waals surface area contributed by atoms with Gasteiger partial charge in [-0.05, 0) is 25.1 Å². The molecule has 4 rings (SSSR count). The fourth-order valence-electron chi connectivity index (χ4n) is 2.01. The van der Waals surface area contributed by atoms with Gasteiger partial charge in [-0.15, -0.1) is 10.2 Å². The van der Waals surface area contributed by atoms with E-state index >= 15 is 0 Å². The van der Waals surface area contributed by atoms with Crippen LogP contribution < -0.4 is 0 Å². The Balaban J connectivity index is 1.90. The molecular weight excluding hydrogens is 274 g/mol. The first-order valence-electron chi connectivity index (χ1n) is 6.00. The zero-order valence-corrected chi connectivity index (χ0v) is 11.3. The van der Waals surface area contributed by atoms with Crippen molar-refractivity contribution in [1.29, 1.82) is 0 Å². The highest BCUT2D eigenvalue weighted by Gasteiger charge is 2.16. The quantitative estimate of drug-likeness (QED) is 0.566. The lowest BCUT2D eigenvalue weighted by Gasteiger charge is -1.94. The second-order valence-corrected chi connectivity index (χ2v) is 5.21. The number of aromatic nitrogens is 5. The number of pyridine rings is 1. The van der Waals surface area contributed by atoms with Crippen molar-refractivity contribution in [3.8, 4) is 22.0 Å². The van der Waals surface area contributed by atoms with Crippen LogP contribution in [-0.2, 0) is 0 Å². The molecule has 4 heterocycles. The van der Waals surface area contributed by atoms with Crippen molar-refractivity contribution in [1.82, 2.24) is 24.8 Å². The summed E-state index contributed by atoms with van der Waals surface area (Å²) in [6, 6.07) is 5.72. The third-order valence-electron chi connectivity index (χ3n) is 3.02. The fourth-order valence-corrected chi connectivity index (χ4v) is 2.86. The van der Waals surface area contributed by atoms with Crippen LogP contribution in [0.5, 0.6) is 0 Å². The molecule has 7 heteroatoms. The molecule has 0 aliphatic heterocycles.